The molecule has 0 amide bonds. The zero-order chi connectivity index (χ0) is 14.4. The fraction of sp³-hybridized carbons (Fsp3) is 0.647. The molecule has 0 radical (unpaired) electrons. The van der Waals surface area contributed by atoms with E-state index in [2.05, 4.69) is 50.4 Å². The first-order valence-corrected chi connectivity index (χ1v) is 8.90. The van der Waals surface area contributed by atoms with E-state index in [1.54, 1.807) is 0 Å². The van der Waals surface area contributed by atoms with Crippen LogP contribution in [0, 0.1) is 0 Å². The van der Waals surface area contributed by atoms with E-state index in [1.165, 1.54) is 11.1 Å². The Morgan fingerprint density at radius 2 is 1.95 bits per heavy atom. The first-order valence-electron chi connectivity index (χ1n) is 7.75. The van der Waals surface area contributed by atoms with Gasteiger partial charge in [-0.3, -0.25) is 0 Å². The number of benzene rings is 1. The predicted molar refractivity (Wildman–Crippen MR) is 88.6 cm³/mol. The standard InChI is InChI=1S/C17H27NOS/c1-4-9-18-17(16-12-20-11-10-19-16)15-7-5-14(6-8-15)13(2)3/h5-8,13,16-18H,4,9-12H2,1-3H3. The second-order valence-electron chi connectivity index (χ2n) is 5.74. The number of thioether (sulfide) groups is 1. The van der Waals surface area contributed by atoms with E-state index in [9.17, 15) is 0 Å². The van der Waals surface area contributed by atoms with Crippen LogP contribution in [0.2, 0.25) is 0 Å². The molecule has 2 atom stereocenters. The van der Waals surface area contributed by atoms with Gasteiger partial charge in [0.05, 0.1) is 18.8 Å². The first-order chi connectivity index (χ1) is 9.72. The summed E-state index contributed by atoms with van der Waals surface area (Å²) in [5, 5.41) is 3.67. The molecule has 0 saturated carbocycles. The van der Waals surface area contributed by atoms with E-state index in [-0.39, 0.29) is 0 Å². The minimum Gasteiger partial charge on any atom is -0.375 e. The highest BCUT2D eigenvalue weighted by Gasteiger charge is 2.25. The lowest BCUT2D eigenvalue weighted by molar-refractivity contribution is 0.0468. The summed E-state index contributed by atoms with van der Waals surface area (Å²) in [5.41, 5.74) is 2.76. The Kier molecular flexibility index (Phi) is 6.40. The van der Waals surface area contributed by atoms with Gasteiger partial charge in [0.25, 0.3) is 0 Å². The topological polar surface area (TPSA) is 21.3 Å². The van der Waals surface area contributed by atoms with Gasteiger partial charge >= 0.3 is 0 Å². The number of rotatable bonds is 6. The lowest BCUT2D eigenvalue weighted by Gasteiger charge is -2.31. The van der Waals surface area contributed by atoms with E-state index in [0.717, 1.165) is 31.1 Å². The summed E-state index contributed by atoms with van der Waals surface area (Å²) < 4.78 is 5.99. The second kappa shape index (κ2) is 8.06. The third-order valence-electron chi connectivity index (χ3n) is 3.79. The Morgan fingerprint density at radius 1 is 1.25 bits per heavy atom. The Bertz CT molecular complexity index is 384. The molecule has 1 saturated heterocycles. The van der Waals surface area contributed by atoms with Crippen LogP contribution in [-0.4, -0.2) is 30.8 Å². The van der Waals surface area contributed by atoms with Crippen molar-refractivity contribution in [2.45, 2.75) is 45.3 Å². The van der Waals surface area contributed by atoms with Gasteiger partial charge in [0.2, 0.25) is 0 Å². The average molecular weight is 293 g/mol. The molecule has 1 aromatic rings. The molecule has 1 aromatic carbocycles. The number of hydrogen-bond acceptors (Lipinski definition) is 3. The Balaban J connectivity index is 2.11. The highest BCUT2D eigenvalue weighted by atomic mass is 32.2. The summed E-state index contributed by atoms with van der Waals surface area (Å²) >= 11 is 2.00. The molecule has 112 valence electrons. The minimum absolute atomic E-state index is 0.296. The monoisotopic (exact) mass is 293 g/mol. The zero-order valence-corrected chi connectivity index (χ0v) is 13.7. The van der Waals surface area contributed by atoms with Crippen LogP contribution in [0.3, 0.4) is 0 Å². The quantitative estimate of drug-likeness (QED) is 0.857. The van der Waals surface area contributed by atoms with Crippen LogP contribution in [0.25, 0.3) is 0 Å². The molecule has 2 rings (SSSR count). The molecule has 1 fully saturated rings. The third kappa shape index (κ3) is 4.24. The molecule has 1 N–H and O–H groups in total. The van der Waals surface area contributed by atoms with Gasteiger partial charge in [-0.2, -0.15) is 11.8 Å². The molecule has 2 unspecified atom stereocenters. The Labute approximate surface area is 127 Å². The van der Waals surface area contributed by atoms with Crippen molar-refractivity contribution in [2.75, 3.05) is 24.7 Å². The van der Waals surface area contributed by atoms with Crippen molar-refractivity contribution in [3.05, 3.63) is 35.4 Å². The number of hydrogen-bond donors (Lipinski definition) is 1. The van der Waals surface area contributed by atoms with Gasteiger partial charge in [0, 0.05) is 11.5 Å². The van der Waals surface area contributed by atoms with Crippen LogP contribution in [0.4, 0.5) is 0 Å². The Morgan fingerprint density at radius 3 is 2.50 bits per heavy atom. The lowest BCUT2D eigenvalue weighted by atomic mass is 9.97. The molecule has 3 heteroatoms. The maximum Gasteiger partial charge on any atom is 0.0860 e. The van der Waals surface area contributed by atoms with Crippen molar-refractivity contribution in [1.82, 2.24) is 5.32 Å². The maximum absolute atomic E-state index is 5.99. The molecule has 0 spiro atoms. The molecular formula is C17H27NOS. The fourth-order valence-electron chi connectivity index (χ4n) is 2.55. The van der Waals surface area contributed by atoms with Crippen molar-refractivity contribution in [3.8, 4) is 0 Å². The SMILES string of the molecule is CCCNC(c1ccc(C(C)C)cc1)C1CSCCO1. The maximum atomic E-state index is 5.99. The van der Waals surface area contributed by atoms with Crippen molar-refractivity contribution in [1.29, 1.82) is 0 Å². The highest BCUT2D eigenvalue weighted by Crippen LogP contribution is 2.27. The van der Waals surface area contributed by atoms with Crippen LogP contribution < -0.4 is 5.32 Å². The van der Waals surface area contributed by atoms with E-state index < -0.39 is 0 Å². The van der Waals surface area contributed by atoms with E-state index in [1.807, 2.05) is 11.8 Å². The first kappa shape index (κ1) is 15.9. The Hall–Kier alpha value is -0.510. The highest BCUT2D eigenvalue weighted by molar-refractivity contribution is 7.99. The predicted octanol–water partition coefficient (Wildman–Crippen LogP) is 3.98. The fourth-order valence-corrected chi connectivity index (χ4v) is 3.45. The van der Waals surface area contributed by atoms with Crippen molar-refractivity contribution >= 4 is 11.8 Å². The summed E-state index contributed by atoms with van der Waals surface area (Å²) in [6.07, 6.45) is 1.45. The van der Waals surface area contributed by atoms with Gasteiger partial charge in [-0.1, -0.05) is 45.0 Å². The van der Waals surface area contributed by atoms with Gasteiger partial charge in [0.1, 0.15) is 0 Å². The molecule has 1 heterocycles. The normalized spacial score (nSPS) is 21.1. The summed E-state index contributed by atoms with van der Waals surface area (Å²) in [6, 6.07) is 9.38. The molecule has 1 aliphatic rings. The van der Waals surface area contributed by atoms with E-state index >= 15 is 0 Å². The third-order valence-corrected chi connectivity index (χ3v) is 4.81. The minimum atomic E-state index is 0.296. The van der Waals surface area contributed by atoms with Gasteiger partial charge in [-0.25, -0.2) is 0 Å². The van der Waals surface area contributed by atoms with Crippen LogP contribution in [0.15, 0.2) is 24.3 Å². The average Bonchev–Trinajstić information content (AvgIpc) is 2.49. The van der Waals surface area contributed by atoms with E-state index in [0.29, 0.717) is 18.1 Å². The molecule has 0 aliphatic carbocycles. The molecular weight excluding hydrogens is 266 g/mol. The molecule has 2 nitrogen and oxygen atoms in total. The summed E-state index contributed by atoms with van der Waals surface area (Å²) in [4.78, 5) is 0. The smallest absolute Gasteiger partial charge is 0.0860 e. The van der Waals surface area contributed by atoms with Crippen molar-refractivity contribution in [3.63, 3.8) is 0 Å². The van der Waals surface area contributed by atoms with Gasteiger partial charge < -0.3 is 10.1 Å². The summed E-state index contributed by atoms with van der Waals surface area (Å²) in [5.74, 6) is 2.81. The van der Waals surface area contributed by atoms with Crippen LogP contribution in [0.1, 0.15) is 50.3 Å². The zero-order valence-electron chi connectivity index (χ0n) is 12.9. The van der Waals surface area contributed by atoms with E-state index in [4.69, 9.17) is 4.74 Å². The largest absolute Gasteiger partial charge is 0.375 e. The van der Waals surface area contributed by atoms with Gasteiger partial charge in [0.15, 0.2) is 0 Å². The lowest BCUT2D eigenvalue weighted by Crippen LogP contribution is -2.38. The summed E-state index contributed by atoms with van der Waals surface area (Å²) in [6.45, 7) is 8.61. The molecule has 1 aliphatic heterocycles. The number of nitrogens with one attached hydrogen (secondary N) is 1. The van der Waals surface area contributed by atoms with Crippen molar-refractivity contribution < 1.29 is 4.74 Å². The van der Waals surface area contributed by atoms with Crippen LogP contribution >= 0.6 is 11.8 Å². The summed E-state index contributed by atoms with van der Waals surface area (Å²) in [7, 11) is 0. The number of ether oxygens (including phenoxy) is 1. The van der Waals surface area contributed by atoms with Crippen molar-refractivity contribution in [2.24, 2.45) is 0 Å². The van der Waals surface area contributed by atoms with Crippen LogP contribution in [0.5, 0.6) is 0 Å². The molecule has 20 heavy (non-hydrogen) atoms. The van der Waals surface area contributed by atoms with Gasteiger partial charge in [-0.15, -0.1) is 0 Å². The second-order valence-corrected chi connectivity index (χ2v) is 6.89. The molecule has 0 bridgehead atoms. The van der Waals surface area contributed by atoms with Crippen LogP contribution in [-0.2, 0) is 4.74 Å². The molecule has 0 aromatic heterocycles. The van der Waals surface area contributed by atoms with Gasteiger partial charge in [-0.05, 0) is 30.0 Å².